The highest BCUT2D eigenvalue weighted by molar-refractivity contribution is 9.10. The van der Waals surface area contributed by atoms with Crippen LogP contribution in [0.4, 0.5) is 16.3 Å². The van der Waals surface area contributed by atoms with Gasteiger partial charge in [0.2, 0.25) is 0 Å². The summed E-state index contributed by atoms with van der Waals surface area (Å²) in [6.45, 7) is 4.56. The standard InChI is InChI=1S/C18H21BrN4O/c1-13-4-5-15(19)11-16(13)22-18(24)21-12-14-6-7-20-17(10-14)23-8-2-3-9-23/h4-7,10-11H,2-3,8-9,12H2,1H3,(H2,21,22,24). The van der Waals surface area contributed by atoms with E-state index in [0.717, 1.165) is 40.2 Å². The first-order valence-corrected chi connectivity index (χ1v) is 8.92. The number of amides is 2. The fourth-order valence-corrected chi connectivity index (χ4v) is 3.13. The molecule has 2 amide bonds. The summed E-state index contributed by atoms with van der Waals surface area (Å²) < 4.78 is 0.938. The molecule has 0 saturated carbocycles. The van der Waals surface area contributed by atoms with E-state index in [-0.39, 0.29) is 6.03 Å². The largest absolute Gasteiger partial charge is 0.357 e. The van der Waals surface area contributed by atoms with Gasteiger partial charge in [-0.2, -0.15) is 0 Å². The maximum Gasteiger partial charge on any atom is 0.319 e. The maximum absolute atomic E-state index is 12.1. The van der Waals surface area contributed by atoms with Crippen LogP contribution in [0.25, 0.3) is 0 Å². The van der Waals surface area contributed by atoms with Gasteiger partial charge in [0, 0.05) is 36.0 Å². The number of aromatic nitrogens is 1. The van der Waals surface area contributed by atoms with Crippen LogP contribution in [-0.4, -0.2) is 24.1 Å². The Labute approximate surface area is 150 Å². The normalized spacial score (nSPS) is 13.8. The summed E-state index contributed by atoms with van der Waals surface area (Å²) in [5.41, 5.74) is 2.87. The van der Waals surface area contributed by atoms with Gasteiger partial charge in [-0.15, -0.1) is 0 Å². The number of hydrogen-bond acceptors (Lipinski definition) is 3. The second kappa shape index (κ2) is 7.66. The first kappa shape index (κ1) is 16.8. The molecule has 1 fully saturated rings. The second-order valence-electron chi connectivity index (χ2n) is 5.98. The number of nitrogens with one attached hydrogen (secondary N) is 2. The number of anilines is 2. The molecule has 126 valence electrons. The molecule has 6 heteroatoms. The molecule has 5 nitrogen and oxygen atoms in total. The summed E-state index contributed by atoms with van der Waals surface area (Å²) >= 11 is 3.42. The molecule has 0 unspecified atom stereocenters. The van der Waals surface area contributed by atoms with Crippen molar-refractivity contribution >= 4 is 33.5 Å². The molecule has 2 aromatic rings. The summed E-state index contributed by atoms with van der Waals surface area (Å²) in [5, 5.41) is 5.79. The minimum atomic E-state index is -0.212. The predicted octanol–water partition coefficient (Wildman–Crippen LogP) is 4.07. The van der Waals surface area contributed by atoms with Crippen LogP contribution in [0.1, 0.15) is 24.0 Å². The van der Waals surface area contributed by atoms with Crippen LogP contribution in [-0.2, 0) is 6.54 Å². The smallest absolute Gasteiger partial charge is 0.319 e. The lowest BCUT2D eigenvalue weighted by Gasteiger charge is -2.17. The van der Waals surface area contributed by atoms with Gasteiger partial charge in [-0.3, -0.25) is 0 Å². The second-order valence-corrected chi connectivity index (χ2v) is 6.90. The molecule has 24 heavy (non-hydrogen) atoms. The summed E-state index contributed by atoms with van der Waals surface area (Å²) in [4.78, 5) is 18.8. The highest BCUT2D eigenvalue weighted by Crippen LogP contribution is 2.21. The van der Waals surface area contributed by atoms with Gasteiger partial charge in [0.1, 0.15) is 5.82 Å². The van der Waals surface area contributed by atoms with Gasteiger partial charge in [-0.1, -0.05) is 22.0 Å². The molecule has 2 N–H and O–H groups in total. The van der Waals surface area contributed by atoms with E-state index in [2.05, 4.69) is 42.5 Å². The molecule has 1 aliphatic rings. The van der Waals surface area contributed by atoms with Crippen molar-refractivity contribution in [3.05, 3.63) is 52.1 Å². The first-order valence-electron chi connectivity index (χ1n) is 8.13. The Morgan fingerprint density at radius 2 is 2.04 bits per heavy atom. The number of aryl methyl sites for hydroxylation is 1. The summed E-state index contributed by atoms with van der Waals surface area (Å²) in [6, 6.07) is 9.59. The average molecular weight is 389 g/mol. The first-order chi connectivity index (χ1) is 11.6. The minimum Gasteiger partial charge on any atom is -0.357 e. The fourth-order valence-electron chi connectivity index (χ4n) is 2.77. The number of benzene rings is 1. The van der Waals surface area contributed by atoms with E-state index in [1.165, 1.54) is 12.8 Å². The van der Waals surface area contributed by atoms with Crippen molar-refractivity contribution in [2.24, 2.45) is 0 Å². The van der Waals surface area contributed by atoms with Crippen LogP contribution >= 0.6 is 15.9 Å². The van der Waals surface area contributed by atoms with Crippen LogP contribution in [0.5, 0.6) is 0 Å². The van der Waals surface area contributed by atoms with Crippen molar-refractivity contribution in [2.45, 2.75) is 26.3 Å². The maximum atomic E-state index is 12.1. The molecule has 0 aliphatic carbocycles. The van der Waals surface area contributed by atoms with E-state index < -0.39 is 0 Å². The van der Waals surface area contributed by atoms with E-state index in [1.54, 1.807) is 6.20 Å². The topological polar surface area (TPSA) is 57.3 Å². The lowest BCUT2D eigenvalue weighted by atomic mass is 10.2. The number of urea groups is 1. The molecule has 3 rings (SSSR count). The summed E-state index contributed by atoms with van der Waals surface area (Å²) in [6.07, 6.45) is 4.25. The van der Waals surface area contributed by atoms with Gasteiger partial charge in [0.25, 0.3) is 0 Å². The van der Waals surface area contributed by atoms with E-state index in [4.69, 9.17) is 0 Å². The molecule has 2 heterocycles. The van der Waals surface area contributed by atoms with Gasteiger partial charge in [0.15, 0.2) is 0 Å². The van der Waals surface area contributed by atoms with Crippen LogP contribution in [0.15, 0.2) is 41.0 Å². The molecule has 0 spiro atoms. The zero-order valence-corrected chi connectivity index (χ0v) is 15.3. The SMILES string of the molecule is Cc1ccc(Br)cc1NC(=O)NCc1ccnc(N2CCCC2)c1. The lowest BCUT2D eigenvalue weighted by Crippen LogP contribution is -2.28. The van der Waals surface area contributed by atoms with E-state index in [0.29, 0.717) is 6.54 Å². The minimum absolute atomic E-state index is 0.212. The Morgan fingerprint density at radius 1 is 1.25 bits per heavy atom. The molecule has 0 atom stereocenters. The highest BCUT2D eigenvalue weighted by atomic mass is 79.9. The fraction of sp³-hybridized carbons (Fsp3) is 0.333. The molecular formula is C18H21BrN4O. The molecule has 1 saturated heterocycles. The quantitative estimate of drug-likeness (QED) is 0.829. The predicted molar refractivity (Wildman–Crippen MR) is 100 cm³/mol. The van der Waals surface area contributed by atoms with Gasteiger partial charge in [0.05, 0.1) is 0 Å². The Bertz CT molecular complexity index is 729. The van der Waals surface area contributed by atoms with E-state index in [1.807, 2.05) is 31.2 Å². The van der Waals surface area contributed by atoms with Gasteiger partial charge >= 0.3 is 6.03 Å². The Kier molecular flexibility index (Phi) is 5.35. The van der Waals surface area contributed by atoms with Gasteiger partial charge < -0.3 is 15.5 Å². The Hall–Kier alpha value is -2.08. The third kappa shape index (κ3) is 4.26. The molecule has 1 aromatic heterocycles. The summed E-state index contributed by atoms with van der Waals surface area (Å²) in [7, 11) is 0. The van der Waals surface area contributed by atoms with Gasteiger partial charge in [-0.25, -0.2) is 9.78 Å². The van der Waals surface area contributed by atoms with Crippen LogP contribution < -0.4 is 15.5 Å². The lowest BCUT2D eigenvalue weighted by molar-refractivity contribution is 0.251. The van der Waals surface area contributed by atoms with Crippen molar-refractivity contribution in [1.82, 2.24) is 10.3 Å². The van der Waals surface area contributed by atoms with Crippen molar-refractivity contribution in [2.75, 3.05) is 23.3 Å². The molecular weight excluding hydrogens is 368 g/mol. The number of nitrogens with zero attached hydrogens (tertiary/aromatic N) is 2. The van der Waals surface area contributed by atoms with E-state index in [9.17, 15) is 4.79 Å². The number of hydrogen-bond donors (Lipinski definition) is 2. The van der Waals surface area contributed by atoms with E-state index >= 15 is 0 Å². The number of carbonyl (C=O) groups is 1. The number of carbonyl (C=O) groups excluding carboxylic acids is 1. The number of rotatable bonds is 4. The zero-order valence-electron chi connectivity index (χ0n) is 13.7. The molecule has 0 bridgehead atoms. The molecule has 0 radical (unpaired) electrons. The van der Waals surface area contributed by atoms with Crippen LogP contribution in [0.3, 0.4) is 0 Å². The monoisotopic (exact) mass is 388 g/mol. The zero-order chi connectivity index (χ0) is 16.9. The van der Waals surface area contributed by atoms with Crippen LogP contribution in [0, 0.1) is 6.92 Å². The molecule has 1 aromatic carbocycles. The van der Waals surface area contributed by atoms with Crippen molar-refractivity contribution < 1.29 is 4.79 Å². The Balaban J connectivity index is 1.58. The highest BCUT2D eigenvalue weighted by Gasteiger charge is 2.13. The van der Waals surface area contributed by atoms with Crippen LogP contribution in [0.2, 0.25) is 0 Å². The van der Waals surface area contributed by atoms with Crippen molar-refractivity contribution in [1.29, 1.82) is 0 Å². The average Bonchev–Trinajstić information content (AvgIpc) is 3.11. The number of pyridine rings is 1. The third-order valence-corrected chi connectivity index (χ3v) is 4.63. The van der Waals surface area contributed by atoms with Crippen molar-refractivity contribution in [3.63, 3.8) is 0 Å². The van der Waals surface area contributed by atoms with Crippen molar-refractivity contribution in [3.8, 4) is 0 Å². The van der Waals surface area contributed by atoms with Gasteiger partial charge in [-0.05, 0) is 55.2 Å². The third-order valence-electron chi connectivity index (χ3n) is 4.14. The summed E-state index contributed by atoms with van der Waals surface area (Å²) in [5.74, 6) is 0.995. The Morgan fingerprint density at radius 3 is 2.83 bits per heavy atom. The number of halogens is 1. The molecule has 1 aliphatic heterocycles.